The first-order valence-electron chi connectivity index (χ1n) is 16.5. The molecule has 0 spiro atoms. The van der Waals surface area contributed by atoms with Gasteiger partial charge < -0.3 is 24.1 Å². The molecule has 4 rings (SSSR count). The van der Waals surface area contributed by atoms with Crippen LogP contribution in [-0.2, 0) is 15.0 Å². The molecule has 0 unspecified atom stereocenters. The highest BCUT2D eigenvalue weighted by atomic mass is 16.5. The highest BCUT2D eigenvalue weighted by molar-refractivity contribution is 5.89. The first-order valence-corrected chi connectivity index (χ1v) is 16.5. The number of hydrogen-bond donors (Lipinski definition) is 1. The van der Waals surface area contributed by atoms with Crippen LogP contribution in [-0.4, -0.2) is 17.0 Å². The zero-order valence-corrected chi connectivity index (χ0v) is 31.4. The van der Waals surface area contributed by atoms with E-state index in [-0.39, 0.29) is 5.75 Å². The molecule has 0 saturated carbocycles. The van der Waals surface area contributed by atoms with E-state index in [4.69, 9.17) is 18.9 Å². The maximum absolute atomic E-state index is 12.1. The Hall–Kier alpha value is -5.30. The summed E-state index contributed by atoms with van der Waals surface area (Å²) < 4.78 is 23.9. The highest BCUT2D eigenvalue weighted by Gasteiger charge is 2.30. The molecule has 4 aromatic carbocycles. The van der Waals surface area contributed by atoms with Gasteiger partial charge in [0.2, 0.25) is 0 Å². The van der Waals surface area contributed by atoms with Crippen molar-refractivity contribution in [2.24, 2.45) is 0 Å². The minimum absolute atomic E-state index is 0.157. The summed E-state index contributed by atoms with van der Waals surface area (Å²) in [6.45, 7) is 30.0. The summed E-state index contributed by atoms with van der Waals surface area (Å²) in [5.74, 6) is 2.71. The van der Waals surface area contributed by atoms with Gasteiger partial charge in [-0.15, -0.1) is 0 Å². The molecule has 0 fully saturated rings. The number of phenolic OH excluding ortho intramolecular Hbond substituents is 1. The Bertz CT molecular complexity index is 1990. The lowest BCUT2D eigenvalue weighted by Crippen LogP contribution is -2.20. The van der Waals surface area contributed by atoms with Crippen LogP contribution in [0.3, 0.4) is 0 Å². The van der Waals surface area contributed by atoms with Crippen LogP contribution in [0.15, 0.2) is 66.8 Å². The third-order valence-electron chi connectivity index (χ3n) is 8.92. The first kappa shape index (κ1) is 37.5. The maximum Gasteiger partial charge on any atom is 0.338 e. The van der Waals surface area contributed by atoms with Gasteiger partial charge in [-0.1, -0.05) is 39.1 Å². The SMILES string of the molecule is C=C(C)C(=O)Oc1c(C)cc(Oc2c(C)cc(C(C)(C)c3cc(C)c(Oc4cc(C)c(OC(=O)C(=C)C)c(C)c4)c(C)c3O)cc2C)cc1C. The number of carbonyl (C=O) groups excluding carboxylic acids is 2. The monoisotopic (exact) mass is 676 g/mol. The van der Waals surface area contributed by atoms with Crippen LogP contribution in [0.5, 0.6) is 40.2 Å². The number of phenols is 1. The molecule has 262 valence electrons. The molecule has 4 aromatic rings. The number of ether oxygens (including phenoxy) is 4. The van der Waals surface area contributed by atoms with Gasteiger partial charge in [0.05, 0.1) is 0 Å². The molecule has 1 N–H and O–H groups in total. The lowest BCUT2D eigenvalue weighted by atomic mass is 9.75. The van der Waals surface area contributed by atoms with Crippen molar-refractivity contribution in [1.29, 1.82) is 0 Å². The van der Waals surface area contributed by atoms with Crippen molar-refractivity contribution < 1.29 is 33.6 Å². The van der Waals surface area contributed by atoms with E-state index in [1.165, 1.54) is 0 Å². The van der Waals surface area contributed by atoms with Crippen LogP contribution in [0.2, 0.25) is 0 Å². The maximum atomic E-state index is 12.1. The van der Waals surface area contributed by atoms with E-state index in [9.17, 15) is 14.7 Å². The van der Waals surface area contributed by atoms with Crippen LogP contribution in [0.25, 0.3) is 0 Å². The lowest BCUT2D eigenvalue weighted by molar-refractivity contribution is -0.131. The fourth-order valence-corrected chi connectivity index (χ4v) is 6.07. The Balaban J connectivity index is 1.64. The molecular formula is C43H48O7. The average Bonchev–Trinajstić information content (AvgIpc) is 3.01. The summed E-state index contributed by atoms with van der Waals surface area (Å²) in [6, 6.07) is 13.5. The molecule has 0 bridgehead atoms. The van der Waals surface area contributed by atoms with Gasteiger partial charge in [-0.05, 0) is 144 Å². The zero-order chi connectivity index (χ0) is 37.4. The molecule has 50 heavy (non-hydrogen) atoms. The quantitative estimate of drug-likeness (QED) is 0.102. The van der Waals surface area contributed by atoms with E-state index >= 15 is 0 Å². The number of benzene rings is 4. The Morgan fingerprint density at radius 1 is 0.560 bits per heavy atom. The van der Waals surface area contributed by atoms with Crippen molar-refractivity contribution in [1.82, 2.24) is 0 Å². The molecule has 0 heterocycles. The van der Waals surface area contributed by atoms with Crippen molar-refractivity contribution in [2.75, 3.05) is 0 Å². The van der Waals surface area contributed by atoms with Crippen molar-refractivity contribution in [3.63, 3.8) is 0 Å². The molecule has 0 saturated heterocycles. The van der Waals surface area contributed by atoms with Crippen molar-refractivity contribution in [3.8, 4) is 40.2 Å². The predicted octanol–water partition coefficient (Wildman–Crippen LogP) is 10.7. The highest BCUT2D eigenvalue weighted by Crippen LogP contribution is 2.46. The largest absolute Gasteiger partial charge is 0.507 e. The number of rotatable bonds is 10. The molecule has 7 heteroatoms. The second-order valence-corrected chi connectivity index (χ2v) is 13.9. The topological polar surface area (TPSA) is 91.3 Å². The third kappa shape index (κ3) is 7.62. The Morgan fingerprint density at radius 3 is 1.28 bits per heavy atom. The molecule has 0 radical (unpaired) electrons. The summed E-state index contributed by atoms with van der Waals surface area (Å²) in [4.78, 5) is 24.3. The van der Waals surface area contributed by atoms with Crippen molar-refractivity contribution in [2.45, 2.75) is 88.5 Å². The van der Waals surface area contributed by atoms with Crippen LogP contribution in [0.1, 0.15) is 83.3 Å². The van der Waals surface area contributed by atoms with Gasteiger partial charge in [-0.2, -0.15) is 0 Å². The van der Waals surface area contributed by atoms with Gasteiger partial charge in [-0.25, -0.2) is 9.59 Å². The molecule has 0 atom stereocenters. The molecule has 0 amide bonds. The van der Waals surface area contributed by atoms with E-state index < -0.39 is 17.4 Å². The predicted molar refractivity (Wildman–Crippen MR) is 199 cm³/mol. The van der Waals surface area contributed by atoms with E-state index in [1.807, 2.05) is 85.7 Å². The number of carbonyl (C=O) groups is 2. The molecule has 0 aliphatic rings. The Kier molecular flexibility index (Phi) is 10.7. The Labute approximate surface area is 296 Å². The molecular weight excluding hydrogens is 628 g/mol. The standard InChI is InChI=1S/C43H48O7/c1-22(2)41(45)49-38-26(7)17-33(18-27(38)8)47-37-24(5)15-32(16-25(37)6)43(13,14)35-21-30(11)40(31(12)36(35)44)48-34-19-28(9)39(29(10)20-34)50-42(46)23(3)4/h15-21,44H,1,3H2,2,4-14H3. The van der Waals surface area contributed by atoms with Gasteiger partial charge in [-0.3, -0.25) is 0 Å². The van der Waals surface area contributed by atoms with Crippen molar-refractivity contribution in [3.05, 3.63) is 122 Å². The van der Waals surface area contributed by atoms with E-state index in [1.54, 1.807) is 13.8 Å². The third-order valence-corrected chi connectivity index (χ3v) is 8.92. The van der Waals surface area contributed by atoms with E-state index in [0.717, 1.165) is 55.8 Å². The fraction of sp³-hybridized carbons (Fsp3) is 0.302. The smallest absolute Gasteiger partial charge is 0.338 e. The lowest BCUT2D eigenvalue weighted by Gasteiger charge is -2.30. The molecule has 7 nitrogen and oxygen atoms in total. The second-order valence-electron chi connectivity index (χ2n) is 13.9. The van der Waals surface area contributed by atoms with Crippen LogP contribution in [0, 0.1) is 55.4 Å². The summed E-state index contributed by atoms with van der Waals surface area (Å²) in [5.41, 5.74) is 8.30. The number of aromatic hydroxyl groups is 1. The van der Waals surface area contributed by atoms with Gasteiger partial charge in [0.15, 0.2) is 0 Å². The number of esters is 2. The van der Waals surface area contributed by atoms with E-state index in [2.05, 4.69) is 39.1 Å². The average molecular weight is 677 g/mol. The molecule has 0 aromatic heterocycles. The summed E-state index contributed by atoms with van der Waals surface area (Å²) >= 11 is 0. The normalized spacial score (nSPS) is 11.2. The van der Waals surface area contributed by atoms with E-state index in [0.29, 0.717) is 45.5 Å². The van der Waals surface area contributed by atoms with Crippen LogP contribution < -0.4 is 18.9 Å². The molecule has 0 aliphatic heterocycles. The number of aryl methyl sites for hydroxylation is 7. The summed E-state index contributed by atoms with van der Waals surface area (Å²) in [5, 5.41) is 11.6. The second kappa shape index (κ2) is 14.3. The van der Waals surface area contributed by atoms with Crippen molar-refractivity contribution >= 4 is 11.9 Å². The summed E-state index contributed by atoms with van der Waals surface area (Å²) in [6.07, 6.45) is 0. The van der Waals surface area contributed by atoms with Gasteiger partial charge >= 0.3 is 11.9 Å². The fourth-order valence-electron chi connectivity index (χ4n) is 6.07. The zero-order valence-electron chi connectivity index (χ0n) is 31.4. The van der Waals surface area contributed by atoms with Gasteiger partial charge in [0, 0.05) is 27.7 Å². The first-order chi connectivity index (χ1) is 23.2. The summed E-state index contributed by atoms with van der Waals surface area (Å²) in [7, 11) is 0. The molecule has 0 aliphatic carbocycles. The number of hydrogen-bond acceptors (Lipinski definition) is 7. The minimum atomic E-state index is -0.573. The van der Waals surface area contributed by atoms with Gasteiger partial charge in [0.1, 0.15) is 40.2 Å². The Morgan fingerprint density at radius 2 is 0.900 bits per heavy atom. The van der Waals surface area contributed by atoms with Gasteiger partial charge in [0.25, 0.3) is 0 Å². The van der Waals surface area contributed by atoms with Crippen LogP contribution in [0.4, 0.5) is 0 Å². The minimum Gasteiger partial charge on any atom is -0.507 e. The van der Waals surface area contributed by atoms with Crippen LogP contribution >= 0.6 is 0 Å².